The number of hydrogen-bond donors (Lipinski definition) is 1. The first-order valence-corrected chi connectivity index (χ1v) is 8.21. The average Bonchev–Trinajstić information content (AvgIpc) is 2.47. The fourth-order valence-corrected chi connectivity index (χ4v) is 2.93. The number of benzene rings is 1. The Morgan fingerprint density at radius 3 is 2.60 bits per heavy atom. The smallest absolute Gasteiger partial charge is 0.0594 e. The molecule has 1 aliphatic rings. The summed E-state index contributed by atoms with van der Waals surface area (Å²) in [4.78, 5) is 0. The standard InChI is InChI=1S/C17H26ClNO/c1-14(13-15-7-9-16(18)10-8-15)19-11-12-20-17-5-3-2-4-6-17/h7-10,14,17,19H,2-6,11-13H2,1H3. The van der Waals surface area contributed by atoms with Crippen LogP contribution in [-0.2, 0) is 11.2 Å². The molecule has 2 nitrogen and oxygen atoms in total. The molecule has 1 aromatic rings. The zero-order valence-corrected chi connectivity index (χ0v) is 13.2. The highest BCUT2D eigenvalue weighted by atomic mass is 35.5. The van der Waals surface area contributed by atoms with Gasteiger partial charge in [-0.3, -0.25) is 0 Å². The molecule has 20 heavy (non-hydrogen) atoms. The van der Waals surface area contributed by atoms with E-state index in [4.69, 9.17) is 16.3 Å². The molecule has 1 atom stereocenters. The van der Waals surface area contributed by atoms with Crippen molar-refractivity contribution in [2.45, 2.75) is 57.6 Å². The van der Waals surface area contributed by atoms with Crippen molar-refractivity contribution in [2.75, 3.05) is 13.2 Å². The zero-order chi connectivity index (χ0) is 14.2. The highest BCUT2D eigenvalue weighted by Crippen LogP contribution is 2.19. The van der Waals surface area contributed by atoms with Gasteiger partial charge in [0.15, 0.2) is 0 Å². The molecule has 1 fully saturated rings. The van der Waals surface area contributed by atoms with Gasteiger partial charge in [0.25, 0.3) is 0 Å². The molecule has 0 aliphatic heterocycles. The van der Waals surface area contributed by atoms with Crippen LogP contribution in [0.25, 0.3) is 0 Å². The van der Waals surface area contributed by atoms with E-state index in [2.05, 4.69) is 24.4 Å². The third-order valence-corrected chi connectivity index (χ3v) is 4.21. The highest BCUT2D eigenvalue weighted by molar-refractivity contribution is 6.30. The number of ether oxygens (including phenoxy) is 1. The van der Waals surface area contributed by atoms with Gasteiger partial charge in [-0.05, 0) is 43.9 Å². The van der Waals surface area contributed by atoms with Crippen molar-refractivity contribution >= 4 is 11.6 Å². The molecule has 0 saturated heterocycles. The Bertz CT molecular complexity index is 373. The Morgan fingerprint density at radius 1 is 1.20 bits per heavy atom. The van der Waals surface area contributed by atoms with Crippen molar-refractivity contribution in [3.63, 3.8) is 0 Å². The molecule has 0 amide bonds. The molecular formula is C17H26ClNO. The summed E-state index contributed by atoms with van der Waals surface area (Å²) in [5, 5.41) is 4.33. The minimum Gasteiger partial charge on any atom is -0.377 e. The number of hydrogen-bond acceptors (Lipinski definition) is 2. The minimum atomic E-state index is 0.464. The first kappa shape index (κ1) is 15.8. The van der Waals surface area contributed by atoms with E-state index in [0.717, 1.165) is 24.6 Å². The lowest BCUT2D eigenvalue weighted by Crippen LogP contribution is -2.32. The summed E-state index contributed by atoms with van der Waals surface area (Å²) in [7, 11) is 0. The van der Waals surface area contributed by atoms with Gasteiger partial charge in [-0.25, -0.2) is 0 Å². The lowest BCUT2D eigenvalue weighted by molar-refractivity contribution is 0.0295. The molecule has 0 spiro atoms. The van der Waals surface area contributed by atoms with Crippen molar-refractivity contribution in [3.8, 4) is 0 Å². The second kappa shape index (κ2) is 8.66. The third kappa shape index (κ3) is 5.82. The summed E-state index contributed by atoms with van der Waals surface area (Å²) in [6, 6.07) is 8.56. The maximum Gasteiger partial charge on any atom is 0.0594 e. The number of halogens is 1. The Hall–Kier alpha value is -0.570. The first-order valence-electron chi connectivity index (χ1n) is 7.83. The van der Waals surface area contributed by atoms with Gasteiger partial charge in [0.2, 0.25) is 0 Å². The van der Waals surface area contributed by atoms with E-state index < -0.39 is 0 Å². The van der Waals surface area contributed by atoms with Crippen LogP contribution in [-0.4, -0.2) is 25.3 Å². The van der Waals surface area contributed by atoms with Crippen LogP contribution < -0.4 is 5.32 Å². The van der Waals surface area contributed by atoms with E-state index in [1.807, 2.05) is 12.1 Å². The Kier molecular flexibility index (Phi) is 6.85. The van der Waals surface area contributed by atoms with Crippen LogP contribution >= 0.6 is 11.6 Å². The maximum absolute atomic E-state index is 5.92. The van der Waals surface area contributed by atoms with Crippen molar-refractivity contribution in [2.24, 2.45) is 0 Å². The van der Waals surface area contributed by atoms with Crippen LogP contribution in [0.1, 0.15) is 44.6 Å². The Labute approximate surface area is 127 Å². The van der Waals surface area contributed by atoms with Gasteiger partial charge in [0.05, 0.1) is 12.7 Å². The van der Waals surface area contributed by atoms with E-state index in [1.54, 1.807) is 0 Å². The number of rotatable bonds is 7. The van der Waals surface area contributed by atoms with E-state index in [1.165, 1.54) is 37.7 Å². The first-order chi connectivity index (χ1) is 9.74. The van der Waals surface area contributed by atoms with Gasteiger partial charge < -0.3 is 10.1 Å². The van der Waals surface area contributed by atoms with Crippen LogP contribution in [0.4, 0.5) is 0 Å². The molecule has 1 aromatic carbocycles. The van der Waals surface area contributed by atoms with Gasteiger partial charge in [-0.1, -0.05) is 43.0 Å². The molecule has 2 rings (SSSR count). The zero-order valence-electron chi connectivity index (χ0n) is 12.4. The van der Waals surface area contributed by atoms with Gasteiger partial charge in [-0.2, -0.15) is 0 Å². The highest BCUT2D eigenvalue weighted by Gasteiger charge is 2.13. The van der Waals surface area contributed by atoms with E-state index in [-0.39, 0.29) is 0 Å². The molecule has 1 unspecified atom stereocenters. The molecule has 3 heteroatoms. The monoisotopic (exact) mass is 295 g/mol. The molecule has 0 radical (unpaired) electrons. The topological polar surface area (TPSA) is 21.3 Å². The SMILES string of the molecule is CC(Cc1ccc(Cl)cc1)NCCOC1CCCCC1. The summed E-state index contributed by atoms with van der Waals surface area (Å²) < 4.78 is 5.92. The second-order valence-electron chi connectivity index (χ2n) is 5.82. The molecule has 1 aliphatic carbocycles. The predicted molar refractivity (Wildman–Crippen MR) is 85.4 cm³/mol. The third-order valence-electron chi connectivity index (χ3n) is 3.96. The molecular weight excluding hydrogens is 270 g/mol. The van der Waals surface area contributed by atoms with Crippen LogP contribution in [0, 0.1) is 0 Å². The van der Waals surface area contributed by atoms with Crippen molar-refractivity contribution < 1.29 is 4.74 Å². The summed E-state index contributed by atoms with van der Waals surface area (Å²) in [5.74, 6) is 0. The van der Waals surface area contributed by atoms with Crippen LogP contribution in [0.15, 0.2) is 24.3 Å². The Balaban J connectivity index is 1.57. The van der Waals surface area contributed by atoms with E-state index >= 15 is 0 Å². The fraction of sp³-hybridized carbons (Fsp3) is 0.647. The summed E-state index contributed by atoms with van der Waals surface area (Å²) in [6.07, 6.45) is 8.10. The van der Waals surface area contributed by atoms with E-state index in [0.29, 0.717) is 12.1 Å². The van der Waals surface area contributed by atoms with Gasteiger partial charge in [0.1, 0.15) is 0 Å². The molecule has 0 bridgehead atoms. The van der Waals surface area contributed by atoms with Gasteiger partial charge in [0, 0.05) is 17.6 Å². The molecule has 1 N–H and O–H groups in total. The predicted octanol–water partition coefficient (Wildman–Crippen LogP) is 4.21. The summed E-state index contributed by atoms with van der Waals surface area (Å²) in [6.45, 7) is 3.98. The normalized spacial score (nSPS) is 18.1. The maximum atomic E-state index is 5.92. The van der Waals surface area contributed by atoms with Crippen LogP contribution in [0.3, 0.4) is 0 Å². The largest absolute Gasteiger partial charge is 0.377 e. The van der Waals surface area contributed by atoms with Crippen LogP contribution in [0.2, 0.25) is 5.02 Å². The molecule has 1 saturated carbocycles. The fourth-order valence-electron chi connectivity index (χ4n) is 2.81. The lowest BCUT2D eigenvalue weighted by Gasteiger charge is -2.22. The van der Waals surface area contributed by atoms with Crippen molar-refractivity contribution in [1.82, 2.24) is 5.32 Å². The minimum absolute atomic E-state index is 0.464. The number of nitrogens with one attached hydrogen (secondary N) is 1. The average molecular weight is 296 g/mol. The van der Waals surface area contributed by atoms with Gasteiger partial charge in [-0.15, -0.1) is 0 Å². The van der Waals surface area contributed by atoms with Crippen molar-refractivity contribution in [3.05, 3.63) is 34.9 Å². The molecule has 112 valence electrons. The summed E-state index contributed by atoms with van der Waals surface area (Å²) >= 11 is 5.89. The quantitative estimate of drug-likeness (QED) is 0.761. The van der Waals surface area contributed by atoms with Crippen LogP contribution in [0.5, 0.6) is 0 Å². The van der Waals surface area contributed by atoms with Gasteiger partial charge >= 0.3 is 0 Å². The van der Waals surface area contributed by atoms with Crippen molar-refractivity contribution in [1.29, 1.82) is 0 Å². The van der Waals surface area contributed by atoms with E-state index in [9.17, 15) is 0 Å². The second-order valence-corrected chi connectivity index (χ2v) is 6.25. The Morgan fingerprint density at radius 2 is 1.90 bits per heavy atom. The molecule has 0 heterocycles. The lowest BCUT2D eigenvalue weighted by atomic mass is 9.98. The molecule has 0 aromatic heterocycles. The summed E-state index contributed by atoms with van der Waals surface area (Å²) in [5.41, 5.74) is 1.32.